The summed E-state index contributed by atoms with van der Waals surface area (Å²) < 4.78 is 10.9. The number of methoxy groups -OCH3 is 1. The Balaban J connectivity index is 0.00000150. The summed E-state index contributed by atoms with van der Waals surface area (Å²) in [5.41, 5.74) is 2.32. The molecule has 1 amide bonds. The Bertz CT molecular complexity index is 949. The van der Waals surface area contributed by atoms with E-state index >= 15 is 0 Å². The first-order valence-corrected chi connectivity index (χ1v) is 8.57. The molecule has 0 saturated carbocycles. The Hall–Kier alpha value is -2.81. The van der Waals surface area contributed by atoms with Crippen molar-refractivity contribution in [2.45, 2.75) is 12.5 Å². The highest BCUT2D eigenvalue weighted by molar-refractivity contribution is 5.95. The number of carbonyl (C=O) groups is 1. The van der Waals surface area contributed by atoms with Crippen LogP contribution in [0.5, 0.6) is 17.4 Å². The van der Waals surface area contributed by atoms with E-state index in [1.807, 2.05) is 18.2 Å². The molecule has 2 aromatic heterocycles. The number of nitrogens with zero attached hydrogens (tertiary/aromatic N) is 2. The fraction of sp³-hybridized carbons (Fsp3) is 0.211. The second-order valence-electron chi connectivity index (χ2n) is 6.06. The van der Waals surface area contributed by atoms with E-state index in [-0.39, 0.29) is 30.7 Å². The van der Waals surface area contributed by atoms with Gasteiger partial charge in [0.05, 0.1) is 31.0 Å². The van der Waals surface area contributed by atoms with Gasteiger partial charge in [-0.1, -0.05) is 6.07 Å². The van der Waals surface area contributed by atoms with Crippen molar-refractivity contribution in [3.05, 3.63) is 60.3 Å². The number of rotatable bonds is 5. The summed E-state index contributed by atoms with van der Waals surface area (Å²) in [7, 11) is 1.60. The Morgan fingerprint density at radius 2 is 2.00 bits per heavy atom. The lowest BCUT2D eigenvalue weighted by atomic mass is 10.0. The molecule has 0 spiro atoms. The van der Waals surface area contributed by atoms with Gasteiger partial charge in [-0.15, -0.1) is 24.8 Å². The number of nitrogens with one attached hydrogen (secondary N) is 3. The minimum Gasteiger partial charge on any atom is -0.497 e. The lowest BCUT2D eigenvalue weighted by Gasteiger charge is -2.22. The summed E-state index contributed by atoms with van der Waals surface area (Å²) >= 11 is 0. The van der Waals surface area contributed by atoms with Gasteiger partial charge in [-0.3, -0.25) is 4.79 Å². The van der Waals surface area contributed by atoms with Gasteiger partial charge in [-0.25, -0.2) is 9.97 Å². The molecule has 10 heteroatoms. The van der Waals surface area contributed by atoms with Crippen LogP contribution < -0.4 is 20.1 Å². The fourth-order valence-electron chi connectivity index (χ4n) is 2.95. The van der Waals surface area contributed by atoms with Crippen LogP contribution in [0.15, 0.2) is 48.9 Å². The van der Waals surface area contributed by atoms with Crippen molar-refractivity contribution in [1.82, 2.24) is 20.3 Å². The number of aromatic amines is 1. The minimum atomic E-state index is -0.479. The fourth-order valence-corrected chi connectivity index (χ4v) is 2.95. The maximum atomic E-state index is 12.6. The van der Waals surface area contributed by atoms with Gasteiger partial charge in [0, 0.05) is 30.8 Å². The summed E-state index contributed by atoms with van der Waals surface area (Å²) in [5, 5.41) is 6.04. The molecule has 8 nitrogen and oxygen atoms in total. The standard InChI is InChI=1S/C19H19N5O3.2ClH/c1-26-13-3-2-4-14(9-13)27-16-6-5-12(10-21-16)24-19(25)18-17-15(7-8-20-18)22-11-23-17;;/h2-6,9-11,18,20H,7-8H2,1H3,(H,22,23)(H,24,25);2*1H. The number of fused-ring (bicyclic) bond motifs is 1. The number of ether oxygens (including phenoxy) is 2. The molecule has 1 aliphatic heterocycles. The van der Waals surface area contributed by atoms with Gasteiger partial charge in [0.25, 0.3) is 0 Å². The zero-order valence-electron chi connectivity index (χ0n) is 15.5. The zero-order valence-corrected chi connectivity index (χ0v) is 17.2. The van der Waals surface area contributed by atoms with Gasteiger partial charge in [-0.2, -0.15) is 0 Å². The maximum absolute atomic E-state index is 12.6. The topological polar surface area (TPSA) is 101 Å². The molecule has 0 fully saturated rings. The lowest BCUT2D eigenvalue weighted by molar-refractivity contribution is -0.118. The predicted octanol–water partition coefficient (Wildman–Crippen LogP) is 3.27. The first-order chi connectivity index (χ1) is 13.2. The Labute approximate surface area is 180 Å². The van der Waals surface area contributed by atoms with E-state index in [9.17, 15) is 4.79 Å². The minimum absolute atomic E-state index is 0. The first kappa shape index (κ1) is 22.5. The number of hydrogen-bond donors (Lipinski definition) is 3. The number of carbonyl (C=O) groups excluding carboxylic acids is 1. The van der Waals surface area contributed by atoms with Gasteiger partial charge in [-0.05, 0) is 18.2 Å². The van der Waals surface area contributed by atoms with E-state index < -0.39 is 6.04 Å². The Morgan fingerprint density at radius 3 is 2.76 bits per heavy atom. The van der Waals surface area contributed by atoms with Crippen LogP contribution in [0, 0.1) is 0 Å². The number of pyridine rings is 1. The number of anilines is 1. The second-order valence-corrected chi connectivity index (χ2v) is 6.06. The predicted molar refractivity (Wildman–Crippen MR) is 113 cm³/mol. The maximum Gasteiger partial charge on any atom is 0.247 e. The normalized spacial score (nSPS) is 14.6. The van der Waals surface area contributed by atoms with Crippen LogP contribution in [0.3, 0.4) is 0 Å². The van der Waals surface area contributed by atoms with E-state index in [4.69, 9.17) is 9.47 Å². The van der Waals surface area contributed by atoms with Crippen LogP contribution in [0.4, 0.5) is 5.69 Å². The van der Waals surface area contributed by atoms with E-state index in [1.54, 1.807) is 37.8 Å². The number of halogens is 2. The quantitative estimate of drug-likeness (QED) is 0.565. The summed E-state index contributed by atoms with van der Waals surface area (Å²) in [6, 6.07) is 10.2. The van der Waals surface area contributed by atoms with Crippen molar-refractivity contribution in [2.24, 2.45) is 0 Å². The molecule has 3 N–H and O–H groups in total. The third-order valence-electron chi connectivity index (χ3n) is 4.28. The van der Waals surface area contributed by atoms with Crippen LogP contribution in [0.1, 0.15) is 17.4 Å². The molecule has 0 aliphatic carbocycles. The zero-order chi connectivity index (χ0) is 18.6. The van der Waals surface area contributed by atoms with Crippen LogP contribution in [0.2, 0.25) is 0 Å². The molecule has 1 unspecified atom stereocenters. The average Bonchev–Trinajstić information content (AvgIpc) is 3.18. The molecule has 1 atom stereocenters. The van der Waals surface area contributed by atoms with Crippen molar-refractivity contribution < 1.29 is 14.3 Å². The Kier molecular flexibility index (Phi) is 7.83. The van der Waals surface area contributed by atoms with Crippen LogP contribution >= 0.6 is 24.8 Å². The van der Waals surface area contributed by atoms with Crippen LogP contribution in [-0.2, 0) is 11.2 Å². The van der Waals surface area contributed by atoms with Crippen molar-refractivity contribution in [3.8, 4) is 17.4 Å². The largest absolute Gasteiger partial charge is 0.497 e. The van der Waals surface area contributed by atoms with Gasteiger partial charge in [0.2, 0.25) is 11.8 Å². The summed E-state index contributed by atoms with van der Waals surface area (Å²) in [4.78, 5) is 24.1. The van der Waals surface area contributed by atoms with Gasteiger partial charge in [0.15, 0.2) is 0 Å². The molecule has 3 heterocycles. The summed E-state index contributed by atoms with van der Waals surface area (Å²) in [5.74, 6) is 1.57. The number of hydrogen-bond acceptors (Lipinski definition) is 6. The lowest BCUT2D eigenvalue weighted by Crippen LogP contribution is -2.38. The highest BCUT2D eigenvalue weighted by Crippen LogP contribution is 2.25. The molecule has 154 valence electrons. The highest BCUT2D eigenvalue weighted by Gasteiger charge is 2.28. The average molecular weight is 438 g/mol. The van der Waals surface area contributed by atoms with E-state index in [2.05, 4.69) is 25.6 Å². The van der Waals surface area contributed by atoms with E-state index in [0.717, 1.165) is 24.4 Å². The molecule has 1 aliphatic rings. The molecule has 3 aromatic rings. The first-order valence-electron chi connectivity index (χ1n) is 8.57. The van der Waals surface area contributed by atoms with Crippen molar-refractivity contribution >= 4 is 36.4 Å². The monoisotopic (exact) mass is 437 g/mol. The summed E-state index contributed by atoms with van der Waals surface area (Å²) in [6.07, 6.45) is 4.00. The van der Waals surface area contributed by atoms with Crippen LogP contribution in [0.25, 0.3) is 0 Å². The van der Waals surface area contributed by atoms with Crippen molar-refractivity contribution in [2.75, 3.05) is 19.0 Å². The smallest absolute Gasteiger partial charge is 0.247 e. The van der Waals surface area contributed by atoms with Crippen molar-refractivity contribution in [3.63, 3.8) is 0 Å². The van der Waals surface area contributed by atoms with Crippen molar-refractivity contribution in [1.29, 1.82) is 0 Å². The molecule has 0 radical (unpaired) electrons. The number of imidazole rings is 1. The summed E-state index contributed by atoms with van der Waals surface area (Å²) in [6.45, 7) is 0.721. The highest BCUT2D eigenvalue weighted by atomic mass is 35.5. The van der Waals surface area contributed by atoms with Gasteiger partial charge in [0.1, 0.15) is 17.5 Å². The second kappa shape index (κ2) is 10.1. The SMILES string of the molecule is COc1cccc(Oc2ccc(NC(=O)C3NCCc4[nH]cnc43)cn2)c1.Cl.Cl. The Morgan fingerprint density at radius 1 is 1.17 bits per heavy atom. The number of benzene rings is 1. The molecule has 29 heavy (non-hydrogen) atoms. The van der Waals surface area contributed by atoms with E-state index in [0.29, 0.717) is 23.1 Å². The number of H-pyrrole nitrogens is 1. The third kappa shape index (κ3) is 5.17. The molecule has 0 saturated heterocycles. The van der Waals surface area contributed by atoms with Crippen LogP contribution in [-0.4, -0.2) is 34.5 Å². The molecular formula is C19H21Cl2N5O3. The van der Waals surface area contributed by atoms with Gasteiger partial charge < -0.3 is 25.1 Å². The third-order valence-corrected chi connectivity index (χ3v) is 4.28. The molecule has 0 bridgehead atoms. The van der Waals surface area contributed by atoms with Gasteiger partial charge >= 0.3 is 0 Å². The number of amides is 1. The molecule has 4 rings (SSSR count). The molecular weight excluding hydrogens is 417 g/mol. The van der Waals surface area contributed by atoms with E-state index in [1.165, 1.54) is 0 Å². The number of aromatic nitrogens is 3. The molecule has 1 aromatic carbocycles.